The lowest BCUT2D eigenvalue weighted by Gasteiger charge is -2.14. The number of rotatable bonds is 9. The van der Waals surface area contributed by atoms with E-state index in [0.29, 0.717) is 28.7 Å². The lowest BCUT2D eigenvalue weighted by molar-refractivity contribution is 0.0980. The summed E-state index contributed by atoms with van der Waals surface area (Å²) in [5, 5.41) is 3.14. The average Bonchev–Trinajstić information content (AvgIpc) is 2.83. The molecule has 7 nitrogen and oxygen atoms in total. The molecular weight excluding hydrogens is 436 g/mol. The highest BCUT2D eigenvalue weighted by Crippen LogP contribution is 2.27. The fourth-order valence-electron chi connectivity index (χ4n) is 3.30. The number of aromatic nitrogens is 2. The summed E-state index contributed by atoms with van der Waals surface area (Å²) in [5.74, 6) is 0.448. The van der Waals surface area contributed by atoms with Crippen LogP contribution in [0.25, 0.3) is 11.0 Å². The highest BCUT2D eigenvalue weighted by Gasteiger charge is 2.19. The molecule has 0 aliphatic heterocycles. The molecule has 0 fully saturated rings. The molecule has 4 aromatic rings. The van der Waals surface area contributed by atoms with Crippen molar-refractivity contribution in [1.29, 1.82) is 0 Å². The predicted octanol–water partition coefficient (Wildman–Crippen LogP) is 5.55. The van der Waals surface area contributed by atoms with Gasteiger partial charge in [-0.15, -0.1) is 0 Å². The Balaban J connectivity index is 1.66. The van der Waals surface area contributed by atoms with Crippen LogP contribution in [0, 0.1) is 0 Å². The number of fused-ring (bicyclic) bond motifs is 1. The first-order valence-electron chi connectivity index (χ1n) is 10.7. The number of anilines is 3. The van der Waals surface area contributed by atoms with Crippen molar-refractivity contribution >= 4 is 44.2 Å². The number of nitrogens with zero attached hydrogens (tertiary/aromatic N) is 2. The lowest BCUT2D eigenvalue weighted by atomic mass is 10.1. The molecule has 8 heteroatoms. The third kappa shape index (κ3) is 5.35. The van der Waals surface area contributed by atoms with Gasteiger partial charge in [0, 0.05) is 17.7 Å². The fourth-order valence-corrected chi connectivity index (χ4v) is 4.33. The predicted molar refractivity (Wildman–Crippen MR) is 130 cm³/mol. The molecule has 0 radical (unpaired) electrons. The zero-order chi connectivity index (χ0) is 23.3. The van der Waals surface area contributed by atoms with Gasteiger partial charge in [0.25, 0.3) is 10.0 Å². The van der Waals surface area contributed by atoms with Crippen LogP contribution < -0.4 is 10.0 Å². The van der Waals surface area contributed by atoms with Crippen molar-refractivity contribution in [2.75, 3.05) is 10.0 Å². The van der Waals surface area contributed by atoms with Gasteiger partial charge in [-0.1, -0.05) is 43.7 Å². The first-order valence-corrected chi connectivity index (χ1v) is 12.2. The molecule has 0 atom stereocenters. The largest absolute Gasteiger partial charge is 0.337 e. The maximum absolute atomic E-state index is 12.9. The number of hydrogen-bond donors (Lipinski definition) is 2. The average molecular weight is 461 g/mol. The lowest BCUT2D eigenvalue weighted by Crippen LogP contribution is -2.16. The number of nitrogens with one attached hydrogen (secondary N) is 2. The number of hydrogen-bond acceptors (Lipinski definition) is 6. The van der Waals surface area contributed by atoms with Crippen molar-refractivity contribution in [3.8, 4) is 0 Å². The molecule has 1 aromatic heterocycles. The number of carbonyl (C=O) groups is 1. The van der Waals surface area contributed by atoms with E-state index in [-0.39, 0.29) is 22.3 Å². The zero-order valence-corrected chi connectivity index (χ0v) is 19.0. The number of carbonyl (C=O) groups excluding carboxylic acids is 1. The quantitative estimate of drug-likeness (QED) is 0.318. The van der Waals surface area contributed by atoms with Gasteiger partial charge in [-0.3, -0.25) is 9.52 Å². The summed E-state index contributed by atoms with van der Waals surface area (Å²) in [6.07, 6.45) is 2.34. The first kappa shape index (κ1) is 22.4. The first-order chi connectivity index (χ1) is 16.0. The molecule has 1 heterocycles. The minimum absolute atomic E-state index is 0.0839. The number of para-hydroxylation sites is 2. The second-order valence-corrected chi connectivity index (χ2v) is 9.24. The van der Waals surface area contributed by atoms with E-state index in [4.69, 9.17) is 0 Å². The second-order valence-electron chi connectivity index (χ2n) is 7.56. The van der Waals surface area contributed by atoms with Crippen molar-refractivity contribution in [2.24, 2.45) is 0 Å². The third-order valence-corrected chi connectivity index (χ3v) is 6.44. The molecule has 0 saturated heterocycles. The topological polar surface area (TPSA) is 101 Å². The SMILES string of the molecule is CCCCC(=O)c1ccc(Nc2nc3ccccc3nc2NS(=O)(=O)c2ccccc2)cc1. The summed E-state index contributed by atoms with van der Waals surface area (Å²) in [6.45, 7) is 2.05. The number of benzene rings is 3. The summed E-state index contributed by atoms with van der Waals surface area (Å²) in [4.78, 5) is 21.4. The number of unbranched alkanes of at least 4 members (excludes halogenated alkanes) is 1. The van der Waals surface area contributed by atoms with Gasteiger partial charge in [0.2, 0.25) is 0 Å². The van der Waals surface area contributed by atoms with Crippen molar-refractivity contribution in [3.05, 3.63) is 84.4 Å². The Morgan fingerprint density at radius 2 is 1.42 bits per heavy atom. The van der Waals surface area contributed by atoms with E-state index in [1.165, 1.54) is 12.1 Å². The Hall–Kier alpha value is -3.78. The van der Waals surface area contributed by atoms with Gasteiger partial charge >= 0.3 is 0 Å². The minimum atomic E-state index is -3.86. The van der Waals surface area contributed by atoms with Crippen molar-refractivity contribution in [3.63, 3.8) is 0 Å². The van der Waals surface area contributed by atoms with Crippen LogP contribution >= 0.6 is 0 Å². The summed E-state index contributed by atoms with van der Waals surface area (Å²) < 4.78 is 28.4. The van der Waals surface area contributed by atoms with Crippen LogP contribution in [0.5, 0.6) is 0 Å². The Kier molecular flexibility index (Phi) is 6.65. The maximum atomic E-state index is 12.9. The van der Waals surface area contributed by atoms with E-state index in [9.17, 15) is 13.2 Å². The molecule has 0 bridgehead atoms. The molecule has 0 saturated carbocycles. The van der Waals surface area contributed by atoms with Crippen LogP contribution in [0.4, 0.5) is 17.3 Å². The van der Waals surface area contributed by atoms with Crippen LogP contribution in [-0.2, 0) is 10.0 Å². The van der Waals surface area contributed by atoms with Crippen LogP contribution in [0.2, 0.25) is 0 Å². The van der Waals surface area contributed by atoms with E-state index >= 15 is 0 Å². The Bertz CT molecular complexity index is 1370. The summed E-state index contributed by atoms with van der Waals surface area (Å²) in [7, 11) is -3.86. The van der Waals surface area contributed by atoms with Gasteiger partial charge < -0.3 is 5.32 Å². The molecule has 2 N–H and O–H groups in total. The Morgan fingerprint density at radius 3 is 2.06 bits per heavy atom. The van der Waals surface area contributed by atoms with Gasteiger partial charge in [-0.2, -0.15) is 0 Å². The molecule has 0 spiro atoms. The highest BCUT2D eigenvalue weighted by atomic mass is 32.2. The zero-order valence-electron chi connectivity index (χ0n) is 18.2. The second kappa shape index (κ2) is 9.79. The molecule has 0 amide bonds. The summed E-state index contributed by atoms with van der Waals surface area (Å²) in [5.41, 5.74) is 2.48. The van der Waals surface area contributed by atoms with Gasteiger partial charge in [0.05, 0.1) is 15.9 Å². The monoisotopic (exact) mass is 460 g/mol. The third-order valence-electron chi connectivity index (χ3n) is 5.08. The fraction of sp³-hybridized carbons (Fsp3) is 0.160. The number of ketones is 1. The molecule has 33 heavy (non-hydrogen) atoms. The number of sulfonamides is 1. The van der Waals surface area contributed by atoms with Crippen LogP contribution in [0.1, 0.15) is 36.5 Å². The Morgan fingerprint density at radius 1 is 0.818 bits per heavy atom. The van der Waals surface area contributed by atoms with E-state index < -0.39 is 10.0 Å². The summed E-state index contributed by atoms with van der Waals surface area (Å²) in [6, 6.07) is 22.4. The smallest absolute Gasteiger partial charge is 0.263 e. The van der Waals surface area contributed by atoms with E-state index in [1.807, 2.05) is 12.1 Å². The Labute approximate surface area is 193 Å². The molecular formula is C25H24N4O3S. The van der Waals surface area contributed by atoms with Gasteiger partial charge in [0.1, 0.15) is 0 Å². The molecule has 0 unspecified atom stereocenters. The van der Waals surface area contributed by atoms with Crippen molar-refractivity contribution < 1.29 is 13.2 Å². The van der Waals surface area contributed by atoms with Gasteiger partial charge in [0.15, 0.2) is 17.4 Å². The number of Topliss-reactive ketones (excluding diaryl/α,β-unsaturated/α-hetero) is 1. The van der Waals surface area contributed by atoms with Crippen molar-refractivity contribution in [2.45, 2.75) is 31.1 Å². The van der Waals surface area contributed by atoms with E-state index in [2.05, 4.69) is 26.9 Å². The summed E-state index contributed by atoms with van der Waals surface area (Å²) >= 11 is 0. The van der Waals surface area contributed by atoms with Gasteiger partial charge in [-0.25, -0.2) is 18.4 Å². The standard InChI is InChI=1S/C25H24N4O3S/c1-2-3-13-23(30)18-14-16-19(17-15-18)26-24-25(28-22-12-8-7-11-21(22)27-24)29-33(31,32)20-9-5-4-6-10-20/h4-12,14-17H,2-3,13H2,1H3,(H,26,27)(H,28,29). The minimum Gasteiger partial charge on any atom is -0.337 e. The molecule has 0 aliphatic rings. The van der Waals surface area contributed by atoms with Crippen LogP contribution in [0.15, 0.2) is 83.8 Å². The van der Waals surface area contributed by atoms with Gasteiger partial charge in [-0.05, 0) is 55.0 Å². The maximum Gasteiger partial charge on any atom is 0.263 e. The molecule has 168 valence electrons. The van der Waals surface area contributed by atoms with Crippen molar-refractivity contribution in [1.82, 2.24) is 9.97 Å². The normalized spacial score (nSPS) is 11.3. The van der Waals surface area contributed by atoms with Crippen LogP contribution in [-0.4, -0.2) is 24.2 Å². The molecule has 3 aromatic carbocycles. The molecule has 0 aliphatic carbocycles. The highest BCUT2D eigenvalue weighted by molar-refractivity contribution is 7.92. The van der Waals surface area contributed by atoms with Crippen LogP contribution in [0.3, 0.4) is 0 Å². The molecule has 4 rings (SSSR count). The van der Waals surface area contributed by atoms with E-state index in [0.717, 1.165) is 12.8 Å². The van der Waals surface area contributed by atoms with E-state index in [1.54, 1.807) is 54.6 Å².